The van der Waals surface area contributed by atoms with Crippen molar-refractivity contribution >= 4 is 23.1 Å². The van der Waals surface area contributed by atoms with E-state index < -0.39 is 0 Å². The molecule has 0 spiro atoms. The molecule has 2 aromatic rings. The number of benzene rings is 1. The Labute approximate surface area is 111 Å². The molecule has 0 saturated heterocycles. The number of nitrogens with one attached hydrogen (secondary N) is 1. The lowest BCUT2D eigenvalue weighted by Crippen LogP contribution is -2.20. The van der Waals surface area contributed by atoms with E-state index >= 15 is 0 Å². The second-order valence-electron chi connectivity index (χ2n) is 4.47. The molecule has 3 N–H and O–H groups in total. The summed E-state index contributed by atoms with van der Waals surface area (Å²) >= 11 is 0. The van der Waals surface area contributed by atoms with Gasteiger partial charge in [0.1, 0.15) is 5.82 Å². The molecule has 100 valence electrons. The van der Waals surface area contributed by atoms with Crippen LogP contribution in [0.2, 0.25) is 0 Å². The van der Waals surface area contributed by atoms with Crippen molar-refractivity contribution in [2.75, 3.05) is 30.0 Å². The summed E-state index contributed by atoms with van der Waals surface area (Å²) in [5, 5.41) is 6.81. The summed E-state index contributed by atoms with van der Waals surface area (Å²) in [5.41, 5.74) is 7.66. The Bertz CT molecular complexity index is 603. The molecule has 0 aliphatic heterocycles. The molecule has 1 amide bonds. The molecule has 2 rings (SSSR count). The Morgan fingerprint density at radius 2 is 2.11 bits per heavy atom. The van der Waals surface area contributed by atoms with Gasteiger partial charge in [0.15, 0.2) is 0 Å². The van der Waals surface area contributed by atoms with E-state index in [1.807, 2.05) is 25.1 Å². The van der Waals surface area contributed by atoms with E-state index in [2.05, 4.69) is 10.4 Å². The Morgan fingerprint density at radius 3 is 2.68 bits per heavy atom. The van der Waals surface area contributed by atoms with Gasteiger partial charge in [-0.1, -0.05) is 0 Å². The molecule has 1 aromatic heterocycles. The van der Waals surface area contributed by atoms with Gasteiger partial charge in [0.2, 0.25) is 0 Å². The van der Waals surface area contributed by atoms with Gasteiger partial charge in [-0.25, -0.2) is 0 Å². The zero-order valence-electron chi connectivity index (χ0n) is 11.2. The SMILES string of the molecule is CN(C)c1ccc(N)cc1C(=O)Nc1ccnn1C. The van der Waals surface area contributed by atoms with Crippen LogP contribution in [0.15, 0.2) is 30.5 Å². The minimum absolute atomic E-state index is 0.209. The van der Waals surface area contributed by atoms with Gasteiger partial charge < -0.3 is 16.0 Å². The van der Waals surface area contributed by atoms with E-state index in [1.54, 1.807) is 36.1 Å². The third kappa shape index (κ3) is 2.67. The van der Waals surface area contributed by atoms with Crippen LogP contribution >= 0.6 is 0 Å². The number of nitrogen functional groups attached to an aromatic ring is 1. The van der Waals surface area contributed by atoms with Crippen molar-refractivity contribution in [3.63, 3.8) is 0 Å². The summed E-state index contributed by atoms with van der Waals surface area (Å²) in [4.78, 5) is 14.2. The van der Waals surface area contributed by atoms with Gasteiger partial charge in [-0.3, -0.25) is 9.48 Å². The number of hydrogen-bond donors (Lipinski definition) is 2. The molecule has 19 heavy (non-hydrogen) atoms. The number of aryl methyl sites for hydroxylation is 1. The Morgan fingerprint density at radius 1 is 1.37 bits per heavy atom. The second-order valence-corrected chi connectivity index (χ2v) is 4.47. The molecule has 1 aromatic carbocycles. The first-order chi connectivity index (χ1) is 8.99. The Kier molecular flexibility index (Phi) is 3.41. The third-order valence-electron chi connectivity index (χ3n) is 2.81. The highest BCUT2D eigenvalue weighted by Gasteiger charge is 2.14. The van der Waals surface area contributed by atoms with Crippen molar-refractivity contribution in [1.82, 2.24) is 9.78 Å². The largest absolute Gasteiger partial charge is 0.399 e. The number of nitrogens with zero attached hydrogens (tertiary/aromatic N) is 3. The van der Waals surface area contributed by atoms with Gasteiger partial charge >= 0.3 is 0 Å². The fourth-order valence-electron chi connectivity index (χ4n) is 1.81. The van der Waals surface area contributed by atoms with Crippen molar-refractivity contribution in [3.8, 4) is 0 Å². The standard InChI is InChI=1S/C13H17N5O/c1-17(2)11-5-4-9(14)8-10(11)13(19)16-12-6-7-15-18(12)3/h4-8H,14H2,1-3H3,(H,16,19). The van der Waals surface area contributed by atoms with Crippen molar-refractivity contribution in [1.29, 1.82) is 0 Å². The van der Waals surface area contributed by atoms with Crippen LogP contribution < -0.4 is 16.0 Å². The number of rotatable bonds is 3. The first kappa shape index (κ1) is 12.9. The molecule has 6 nitrogen and oxygen atoms in total. The predicted molar refractivity (Wildman–Crippen MR) is 76.3 cm³/mol. The van der Waals surface area contributed by atoms with Crippen LogP contribution in [0.5, 0.6) is 0 Å². The first-order valence-corrected chi connectivity index (χ1v) is 5.85. The van der Waals surface area contributed by atoms with E-state index in [1.165, 1.54) is 0 Å². The van der Waals surface area contributed by atoms with Gasteiger partial charge in [0, 0.05) is 38.6 Å². The average molecular weight is 259 g/mol. The van der Waals surface area contributed by atoms with Crippen molar-refractivity contribution in [3.05, 3.63) is 36.0 Å². The second kappa shape index (κ2) is 5.01. The number of carbonyl (C=O) groups excluding carboxylic acids is 1. The fraction of sp³-hybridized carbons (Fsp3) is 0.231. The Hall–Kier alpha value is -2.50. The molecule has 0 radical (unpaired) electrons. The normalized spacial score (nSPS) is 10.3. The topological polar surface area (TPSA) is 76.2 Å². The van der Waals surface area contributed by atoms with Crippen LogP contribution in [-0.4, -0.2) is 29.8 Å². The maximum Gasteiger partial charge on any atom is 0.258 e. The van der Waals surface area contributed by atoms with Crippen LogP contribution in [0, 0.1) is 0 Å². The minimum Gasteiger partial charge on any atom is -0.399 e. The fourth-order valence-corrected chi connectivity index (χ4v) is 1.81. The molecule has 6 heteroatoms. The number of carbonyl (C=O) groups is 1. The van der Waals surface area contributed by atoms with Gasteiger partial charge in [0.05, 0.1) is 11.8 Å². The molecular weight excluding hydrogens is 242 g/mol. The monoisotopic (exact) mass is 259 g/mol. The van der Waals surface area contributed by atoms with Crippen LogP contribution in [0.4, 0.5) is 17.2 Å². The number of aromatic nitrogens is 2. The zero-order valence-corrected chi connectivity index (χ0v) is 11.2. The van der Waals surface area contributed by atoms with Crippen LogP contribution in [-0.2, 0) is 7.05 Å². The molecule has 0 unspecified atom stereocenters. The average Bonchev–Trinajstić information content (AvgIpc) is 2.74. The number of nitrogens with two attached hydrogens (primary N) is 1. The lowest BCUT2D eigenvalue weighted by molar-refractivity contribution is 0.102. The molecular formula is C13H17N5O. The van der Waals surface area contributed by atoms with Gasteiger partial charge in [-0.2, -0.15) is 5.10 Å². The third-order valence-corrected chi connectivity index (χ3v) is 2.81. The van der Waals surface area contributed by atoms with Gasteiger partial charge in [-0.05, 0) is 18.2 Å². The van der Waals surface area contributed by atoms with E-state index in [0.717, 1.165) is 5.69 Å². The number of anilines is 3. The van der Waals surface area contributed by atoms with Crippen LogP contribution in [0.25, 0.3) is 0 Å². The van der Waals surface area contributed by atoms with E-state index in [4.69, 9.17) is 5.73 Å². The highest BCUT2D eigenvalue weighted by atomic mass is 16.1. The summed E-state index contributed by atoms with van der Waals surface area (Å²) in [6, 6.07) is 7.00. The number of hydrogen-bond acceptors (Lipinski definition) is 4. The highest BCUT2D eigenvalue weighted by molar-refractivity contribution is 6.08. The summed E-state index contributed by atoms with van der Waals surface area (Å²) in [7, 11) is 5.53. The molecule has 0 atom stereocenters. The van der Waals surface area contributed by atoms with Crippen LogP contribution in [0.1, 0.15) is 10.4 Å². The first-order valence-electron chi connectivity index (χ1n) is 5.85. The van der Waals surface area contributed by atoms with Gasteiger partial charge in [-0.15, -0.1) is 0 Å². The summed E-state index contributed by atoms with van der Waals surface area (Å²) in [6.45, 7) is 0. The highest BCUT2D eigenvalue weighted by Crippen LogP contribution is 2.22. The number of amides is 1. The lowest BCUT2D eigenvalue weighted by atomic mass is 10.1. The van der Waals surface area contributed by atoms with E-state index in [9.17, 15) is 4.79 Å². The Balaban J connectivity index is 2.33. The van der Waals surface area contributed by atoms with Crippen LogP contribution in [0.3, 0.4) is 0 Å². The summed E-state index contributed by atoms with van der Waals surface area (Å²) in [6.07, 6.45) is 1.63. The van der Waals surface area contributed by atoms with Crippen molar-refractivity contribution in [2.45, 2.75) is 0 Å². The van der Waals surface area contributed by atoms with Crippen molar-refractivity contribution in [2.24, 2.45) is 7.05 Å². The molecule has 0 aliphatic rings. The summed E-state index contributed by atoms with van der Waals surface area (Å²) < 4.78 is 1.60. The lowest BCUT2D eigenvalue weighted by Gasteiger charge is -2.17. The smallest absolute Gasteiger partial charge is 0.258 e. The zero-order chi connectivity index (χ0) is 14.0. The maximum absolute atomic E-state index is 12.3. The predicted octanol–water partition coefficient (Wildman–Crippen LogP) is 1.32. The molecule has 0 bridgehead atoms. The maximum atomic E-state index is 12.3. The van der Waals surface area contributed by atoms with Gasteiger partial charge in [0.25, 0.3) is 5.91 Å². The quantitative estimate of drug-likeness (QED) is 0.815. The van der Waals surface area contributed by atoms with E-state index in [-0.39, 0.29) is 5.91 Å². The molecule has 0 aliphatic carbocycles. The van der Waals surface area contributed by atoms with E-state index in [0.29, 0.717) is 17.1 Å². The molecule has 0 saturated carbocycles. The molecule has 0 fully saturated rings. The molecule has 1 heterocycles. The summed E-state index contributed by atoms with van der Waals surface area (Å²) in [5.74, 6) is 0.428. The van der Waals surface area contributed by atoms with Crippen molar-refractivity contribution < 1.29 is 4.79 Å². The minimum atomic E-state index is -0.209.